The first-order chi connectivity index (χ1) is 5.94. The van der Waals surface area contributed by atoms with E-state index in [2.05, 4.69) is 12.0 Å². The molecular formula is C9H17N3O. The van der Waals surface area contributed by atoms with Gasteiger partial charge in [0.2, 0.25) is 0 Å². The molecule has 0 bridgehead atoms. The van der Waals surface area contributed by atoms with Gasteiger partial charge in [-0.3, -0.25) is 4.68 Å². The van der Waals surface area contributed by atoms with Crippen LogP contribution in [0.2, 0.25) is 0 Å². The average molecular weight is 183 g/mol. The first kappa shape index (κ1) is 9.89. The van der Waals surface area contributed by atoms with Crippen LogP contribution in [0.1, 0.15) is 27.2 Å². The fraction of sp³-hybridized carbons (Fsp3) is 0.667. The number of aromatic nitrogens is 2. The van der Waals surface area contributed by atoms with Crippen LogP contribution in [0.4, 0.5) is 5.69 Å². The maximum atomic E-state index is 5.69. The number of nitrogens with zero attached hydrogens (tertiary/aromatic N) is 2. The van der Waals surface area contributed by atoms with Crippen LogP contribution >= 0.6 is 0 Å². The molecule has 0 saturated carbocycles. The van der Waals surface area contributed by atoms with E-state index in [4.69, 9.17) is 10.5 Å². The van der Waals surface area contributed by atoms with Crippen LogP contribution in [0.3, 0.4) is 0 Å². The Morgan fingerprint density at radius 2 is 2.23 bits per heavy atom. The molecule has 0 unspecified atom stereocenters. The topological polar surface area (TPSA) is 53.1 Å². The van der Waals surface area contributed by atoms with Crippen LogP contribution in [-0.4, -0.2) is 15.4 Å². The van der Waals surface area contributed by atoms with Crippen LogP contribution in [0.5, 0.6) is 5.88 Å². The molecule has 0 radical (unpaired) electrons. The molecule has 0 fully saturated rings. The molecular weight excluding hydrogens is 166 g/mol. The first-order valence-corrected chi connectivity index (χ1v) is 4.43. The molecule has 0 aliphatic carbocycles. The van der Waals surface area contributed by atoms with E-state index < -0.39 is 0 Å². The van der Waals surface area contributed by atoms with E-state index in [1.807, 2.05) is 20.9 Å². The van der Waals surface area contributed by atoms with E-state index in [9.17, 15) is 0 Å². The predicted octanol–water partition coefficient (Wildman–Crippen LogP) is 1.57. The van der Waals surface area contributed by atoms with Crippen molar-refractivity contribution in [1.82, 2.24) is 9.78 Å². The standard InChI is InChI=1S/C9H17N3O/c1-5-9(2,3)13-8-7(10)6-12(4)11-8/h6H,5,10H2,1-4H3. The molecule has 0 aliphatic rings. The quantitative estimate of drug-likeness (QED) is 0.773. The van der Waals surface area contributed by atoms with Gasteiger partial charge in [0.25, 0.3) is 5.88 Å². The Labute approximate surface area is 78.7 Å². The van der Waals surface area contributed by atoms with Crippen LogP contribution in [0, 0.1) is 0 Å². The SMILES string of the molecule is CCC(C)(C)Oc1nn(C)cc1N. The van der Waals surface area contributed by atoms with E-state index in [-0.39, 0.29) is 5.60 Å². The van der Waals surface area contributed by atoms with Gasteiger partial charge in [-0.2, -0.15) is 0 Å². The van der Waals surface area contributed by atoms with E-state index >= 15 is 0 Å². The highest BCUT2D eigenvalue weighted by Gasteiger charge is 2.19. The van der Waals surface area contributed by atoms with Crippen LogP contribution in [0.15, 0.2) is 6.20 Å². The van der Waals surface area contributed by atoms with Crippen molar-refractivity contribution in [1.29, 1.82) is 0 Å². The second kappa shape index (κ2) is 3.28. The number of aryl methyl sites for hydroxylation is 1. The summed E-state index contributed by atoms with van der Waals surface area (Å²) in [6.45, 7) is 6.10. The summed E-state index contributed by atoms with van der Waals surface area (Å²) in [5, 5.41) is 4.11. The predicted molar refractivity (Wildman–Crippen MR) is 52.6 cm³/mol. The fourth-order valence-electron chi connectivity index (χ4n) is 0.900. The summed E-state index contributed by atoms with van der Waals surface area (Å²) in [6, 6.07) is 0. The van der Waals surface area contributed by atoms with Crippen molar-refractivity contribution in [2.24, 2.45) is 7.05 Å². The lowest BCUT2D eigenvalue weighted by atomic mass is 10.1. The molecule has 4 nitrogen and oxygen atoms in total. The zero-order valence-electron chi connectivity index (χ0n) is 8.66. The molecule has 0 aliphatic heterocycles. The van der Waals surface area contributed by atoms with Crippen molar-refractivity contribution in [3.63, 3.8) is 0 Å². The Balaban J connectivity index is 2.79. The lowest BCUT2D eigenvalue weighted by Crippen LogP contribution is -2.27. The van der Waals surface area contributed by atoms with Gasteiger partial charge >= 0.3 is 0 Å². The minimum atomic E-state index is -0.206. The molecule has 13 heavy (non-hydrogen) atoms. The zero-order chi connectivity index (χ0) is 10.1. The van der Waals surface area contributed by atoms with Gasteiger partial charge in [0.15, 0.2) is 0 Å². The molecule has 2 N–H and O–H groups in total. The van der Waals surface area contributed by atoms with Crippen molar-refractivity contribution >= 4 is 5.69 Å². The van der Waals surface area contributed by atoms with Gasteiger partial charge in [-0.05, 0) is 20.3 Å². The Morgan fingerprint density at radius 1 is 1.62 bits per heavy atom. The Kier molecular flexibility index (Phi) is 2.50. The molecule has 0 aromatic carbocycles. The molecule has 0 amide bonds. The zero-order valence-corrected chi connectivity index (χ0v) is 8.66. The highest BCUT2D eigenvalue weighted by molar-refractivity contribution is 5.46. The molecule has 1 heterocycles. The number of ether oxygens (including phenoxy) is 1. The molecule has 1 aromatic heterocycles. The van der Waals surface area contributed by atoms with Gasteiger partial charge in [-0.15, -0.1) is 5.10 Å². The monoisotopic (exact) mass is 183 g/mol. The van der Waals surface area contributed by atoms with E-state index in [1.165, 1.54) is 0 Å². The summed E-state index contributed by atoms with van der Waals surface area (Å²) in [5.41, 5.74) is 6.08. The summed E-state index contributed by atoms with van der Waals surface area (Å²) in [5.74, 6) is 0.523. The lowest BCUT2D eigenvalue weighted by molar-refractivity contribution is 0.0991. The highest BCUT2D eigenvalue weighted by atomic mass is 16.5. The van der Waals surface area contributed by atoms with Crippen molar-refractivity contribution in [3.8, 4) is 5.88 Å². The summed E-state index contributed by atoms with van der Waals surface area (Å²) in [7, 11) is 1.82. The van der Waals surface area contributed by atoms with Crippen molar-refractivity contribution in [2.75, 3.05) is 5.73 Å². The second-order valence-corrected chi connectivity index (χ2v) is 3.78. The number of anilines is 1. The number of nitrogens with two attached hydrogens (primary N) is 1. The number of hydrogen-bond acceptors (Lipinski definition) is 3. The van der Waals surface area contributed by atoms with Crippen molar-refractivity contribution < 1.29 is 4.74 Å². The van der Waals surface area contributed by atoms with Crippen LogP contribution in [-0.2, 0) is 7.05 Å². The average Bonchev–Trinajstić information content (AvgIpc) is 2.30. The third-order valence-electron chi connectivity index (χ3n) is 2.05. The maximum Gasteiger partial charge on any atom is 0.256 e. The van der Waals surface area contributed by atoms with Gasteiger partial charge in [-0.25, -0.2) is 0 Å². The molecule has 1 aromatic rings. The van der Waals surface area contributed by atoms with Gasteiger partial charge in [0, 0.05) is 7.05 Å². The molecule has 74 valence electrons. The largest absolute Gasteiger partial charge is 0.469 e. The van der Waals surface area contributed by atoms with Crippen LogP contribution in [0.25, 0.3) is 0 Å². The van der Waals surface area contributed by atoms with Gasteiger partial charge in [-0.1, -0.05) is 6.92 Å². The minimum absolute atomic E-state index is 0.206. The van der Waals surface area contributed by atoms with E-state index in [0.29, 0.717) is 11.6 Å². The summed E-state index contributed by atoms with van der Waals surface area (Å²) >= 11 is 0. The fourth-order valence-corrected chi connectivity index (χ4v) is 0.900. The highest BCUT2D eigenvalue weighted by Crippen LogP contribution is 2.24. The van der Waals surface area contributed by atoms with E-state index in [1.54, 1.807) is 10.9 Å². The Hall–Kier alpha value is -1.19. The van der Waals surface area contributed by atoms with Crippen molar-refractivity contribution in [3.05, 3.63) is 6.20 Å². The van der Waals surface area contributed by atoms with Crippen molar-refractivity contribution in [2.45, 2.75) is 32.8 Å². The Morgan fingerprint density at radius 3 is 2.62 bits per heavy atom. The van der Waals surface area contributed by atoms with Gasteiger partial charge < -0.3 is 10.5 Å². The first-order valence-electron chi connectivity index (χ1n) is 4.43. The summed E-state index contributed by atoms with van der Waals surface area (Å²) < 4.78 is 7.29. The van der Waals surface area contributed by atoms with Gasteiger partial charge in [0.1, 0.15) is 11.3 Å². The Bertz CT molecular complexity index is 291. The summed E-state index contributed by atoms with van der Waals surface area (Å²) in [4.78, 5) is 0. The molecule has 0 spiro atoms. The second-order valence-electron chi connectivity index (χ2n) is 3.78. The minimum Gasteiger partial charge on any atom is -0.469 e. The third kappa shape index (κ3) is 2.37. The van der Waals surface area contributed by atoms with E-state index in [0.717, 1.165) is 6.42 Å². The number of hydrogen-bond donors (Lipinski definition) is 1. The maximum absolute atomic E-state index is 5.69. The molecule has 4 heteroatoms. The van der Waals surface area contributed by atoms with Gasteiger partial charge in [0.05, 0.1) is 6.20 Å². The molecule has 0 atom stereocenters. The lowest BCUT2D eigenvalue weighted by Gasteiger charge is -2.23. The molecule has 0 saturated heterocycles. The third-order valence-corrected chi connectivity index (χ3v) is 2.05. The van der Waals surface area contributed by atoms with Crippen LogP contribution < -0.4 is 10.5 Å². The normalized spacial score (nSPS) is 11.7. The number of nitrogen functional groups attached to an aromatic ring is 1. The summed E-state index contributed by atoms with van der Waals surface area (Å²) in [6.07, 6.45) is 2.66. The molecule has 1 rings (SSSR count). The smallest absolute Gasteiger partial charge is 0.256 e. The number of rotatable bonds is 3.